The predicted octanol–water partition coefficient (Wildman–Crippen LogP) is -35.6. The van der Waals surface area contributed by atoms with E-state index in [1.54, 1.807) is 0 Å². The summed E-state index contributed by atoms with van der Waals surface area (Å²) in [5.74, 6) is 0. The second-order valence-electron chi connectivity index (χ2n) is 0. The molecule has 0 rings (SSSR count). The van der Waals surface area contributed by atoms with E-state index in [0.29, 0.717) is 0 Å². The molecule has 39 nitrogen and oxygen atoms in total. The number of hydrogen-bond acceptors (Lipinski definition) is 0. The van der Waals surface area contributed by atoms with Crippen LogP contribution in [0.4, 0.5) is 0 Å². The molecule has 0 amide bonds. The third kappa shape index (κ3) is 1180. The third-order valence-corrected chi connectivity index (χ3v) is 0. The Kier molecular flexibility index (Phi) is 25700. The first-order valence-electron chi connectivity index (χ1n) is 0. The van der Waals surface area contributed by atoms with Crippen LogP contribution in [0.25, 0.3) is 0 Å². The fourth-order valence-corrected chi connectivity index (χ4v) is 0. The molecule has 0 aromatic heterocycles. The summed E-state index contributed by atoms with van der Waals surface area (Å²) in [5, 5.41) is 0. The van der Waals surface area contributed by atoms with Crippen LogP contribution in [-0.2, 0) is 232 Å². The van der Waals surface area contributed by atoms with Gasteiger partial charge in [0.05, 0.1) is 0 Å². The van der Waals surface area contributed by atoms with Crippen LogP contribution >= 0.6 is 0 Å². The van der Waals surface area contributed by atoms with Crippen LogP contribution in [-0.4, -0.2) is 636 Å². The maximum atomic E-state index is 0. The summed E-state index contributed by atoms with van der Waals surface area (Å²) in [6, 6.07) is 0. The minimum Gasteiger partial charge on any atom is -0.412 e. The molecular weight excluding hydrogens is 2990 g/mol. The van der Waals surface area contributed by atoms with E-state index < -0.39 is 0 Å². The fraction of sp³-hybridized carbons (Fsp3) is 0. The third-order valence-electron chi connectivity index (χ3n) is 0. The zero-order chi connectivity index (χ0) is 0. The Morgan fingerprint density at radius 3 is 0.0678 bits per heavy atom. The van der Waals surface area contributed by atoms with Crippen LogP contribution in [0, 0.1) is 0 Å². The van der Waals surface area contributed by atoms with E-state index in [2.05, 4.69) is 0 Å². The second-order valence-corrected chi connectivity index (χ2v) is 0. The first kappa shape index (κ1) is 1250. The van der Waals surface area contributed by atoms with E-state index >= 15 is 0 Å². The molecule has 12 radical (unpaired) electrons. The van der Waals surface area contributed by atoms with Crippen LogP contribution in [0.2, 0.25) is 0 Å². The van der Waals surface area contributed by atoms with Gasteiger partial charge in [0.25, 0.3) is 0 Å². The summed E-state index contributed by atoms with van der Waals surface area (Å²) in [7, 11) is 0. The van der Waals surface area contributed by atoms with Crippen molar-refractivity contribution in [3.63, 3.8) is 0 Å². The Morgan fingerprint density at radius 1 is 0.0678 bits per heavy atom. The largest absolute Gasteiger partial charge is 0.412 e. The zero-order valence-corrected chi connectivity index (χ0v) is 90.7. The molecule has 0 aliphatic carbocycles. The molecule has 0 spiro atoms. The molecule has 0 fully saturated rings. The minimum atomic E-state index is 0. The predicted molar refractivity (Wildman–Crippen MR) is 193 cm³/mol. The first-order chi connectivity index (χ1) is 0. The molecular formula is H78K8O39SiW11. The molecule has 59 heteroatoms. The van der Waals surface area contributed by atoms with Crippen LogP contribution in [0.3, 0.4) is 0 Å². The van der Waals surface area contributed by atoms with Crippen molar-refractivity contribution in [3.05, 3.63) is 0 Å². The maximum absolute atomic E-state index is 0. The van der Waals surface area contributed by atoms with Gasteiger partial charge in [-0.15, -0.1) is 0 Å². The van der Waals surface area contributed by atoms with Crippen molar-refractivity contribution in [2.24, 2.45) is 0 Å². The molecule has 0 aromatic rings. The topological polar surface area (TPSA) is 1230 Å². The van der Waals surface area contributed by atoms with Gasteiger partial charge >= 0.3 is 0 Å². The van der Waals surface area contributed by atoms with E-state index in [1.807, 2.05) is 0 Å². The molecule has 390 valence electrons. The Bertz CT molecular complexity index is 78.9. The van der Waals surface area contributed by atoms with Gasteiger partial charge in [0.2, 0.25) is 0 Å². The molecule has 0 bridgehead atoms. The van der Waals surface area contributed by atoms with Gasteiger partial charge in [-0.1, -0.05) is 0 Å². The minimum absolute atomic E-state index is 0. The SMILES string of the molecule is O.O.O.O.O.O.O.O.O.O.O.O.O.O.O.O.O.O.O.O.O.O.O.O.O.O.O.O.O.O.O.O.O.O.O.O.O.O.O.[K].[K].[K].[K].[K].[K].[K].[K].[Si].[W].[W].[W].[W].[W].[W].[W].[W].[W].[W].[W]. The molecule has 0 saturated heterocycles. The molecule has 78 N–H and O–H groups in total. The van der Waals surface area contributed by atoms with Crippen LogP contribution in [0.5, 0.6) is 0 Å². The molecule has 0 atom stereocenters. The molecule has 59 heavy (non-hydrogen) atoms. The van der Waals surface area contributed by atoms with Gasteiger partial charge < -0.3 is 214 Å². The van der Waals surface area contributed by atoms with Gasteiger partial charge in [-0.3, -0.25) is 0 Å². The Balaban J connectivity index is 0. The normalized spacial score (nSPS) is 0. The van der Waals surface area contributed by atoms with Crippen LogP contribution in [0.1, 0.15) is 0 Å². The van der Waals surface area contributed by atoms with Gasteiger partial charge in [0.15, 0.2) is 0 Å². The van der Waals surface area contributed by atoms with E-state index in [4.69, 9.17) is 0 Å². The average Bonchev–Trinajstić information content (AvgIpc) is 0. The van der Waals surface area contributed by atoms with Crippen molar-refractivity contribution >= 4 is 422 Å². The number of hydrogen-bond donors (Lipinski definition) is 0. The zero-order valence-electron chi connectivity index (χ0n) is 32.5. The van der Waals surface area contributed by atoms with Crippen molar-refractivity contribution < 1.29 is 445 Å². The summed E-state index contributed by atoms with van der Waals surface area (Å²) in [4.78, 5) is 0. The quantitative estimate of drug-likeness (QED) is 0.204. The maximum Gasteiger partial charge on any atom is 0 e. The summed E-state index contributed by atoms with van der Waals surface area (Å²) >= 11 is 0. The van der Waals surface area contributed by atoms with Crippen molar-refractivity contribution in [2.45, 2.75) is 0 Å². The molecule has 0 aliphatic rings. The summed E-state index contributed by atoms with van der Waals surface area (Å²) in [6.07, 6.45) is 0. The average molecular weight is 3070 g/mol. The van der Waals surface area contributed by atoms with Gasteiger partial charge in [-0.2, -0.15) is 0 Å². The Labute approximate surface area is 842 Å². The van der Waals surface area contributed by atoms with Crippen molar-refractivity contribution in [1.29, 1.82) is 0 Å². The Hall–Kier alpha value is 19.3. The molecule has 0 aliphatic heterocycles. The fourth-order valence-electron chi connectivity index (χ4n) is 0. The van der Waals surface area contributed by atoms with Crippen LogP contribution < -0.4 is 0 Å². The monoisotopic (exact) mass is 3070 g/mol. The molecule has 0 aromatic carbocycles. The summed E-state index contributed by atoms with van der Waals surface area (Å²) in [6.45, 7) is 0. The standard InChI is InChI=1S/8K.39H2O.Si.11W/h;;;;;;;;39*1H2;;;;;;;;;;;;. The van der Waals surface area contributed by atoms with Gasteiger partial charge in [-0.25, -0.2) is 0 Å². The van der Waals surface area contributed by atoms with E-state index in [9.17, 15) is 0 Å². The van der Waals surface area contributed by atoms with Crippen molar-refractivity contribution in [1.82, 2.24) is 0 Å². The van der Waals surface area contributed by atoms with Crippen molar-refractivity contribution in [2.75, 3.05) is 0 Å². The Morgan fingerprint density at radius 2 is 0.0678 bits per heavy atom. The number of rotatable bonds is 0. The van der Waals surface area contributed by atoms with E-state index in [0.717, 1.165) is 0 Å². The molecule has 0 heterocycles. The second kappa shape index (κ2) is 1210. The van der Waals surface area contributed by atoms with Gasteiger partial charge in [-0.05, 0) is 0 Å². The van der Waals surface area contributed by atoms with Gasteiger partial charge in [0, 0.05) is 654 Å². The van der Waals surface area contributed by atoms with E-state index in [1.165, 1.54) is 0 Å². The van der Waals surface area contributed by atoms with Crippen molar-refractivity contribution in [3.8, 4) is 0 Å². The molecule has 0 unspecified atom stereocenters. The molecule has 0 saturated carbocycles. The van der Waals surface area contributed by atoms with Crippen LogP contribution in [0.15, 0.2) is 0 Å². The van der Waals surface area contributed by atoms with Gasteiger partial charge in [0.1, 0.15) is 0 Å². The first-order valence-corrected chi connectivity index (χ1v) is 0. The smallest absolute Gasteiger partial charge is 0 e. The summed E-state index contributed by atoms with van der Waals surface area (Å²) < 4.78 is 0. The van der Waals surface area contributed by atoms with E-state index in [-0.39, 0.29) is 867 Å². The summed E-state index contributed by atoms with van der Waals surface area (Å²) in [5.41, 5.74) is 0.